The molecule has 1 fully saturated rings. The first-order valence-corrected chi connectivity index (χ1v) is 10.1. The lowest BCUT2D eigenvalue weighted by molar-refractivity contribution is 0.375. The van der Waals surface area contributed by atoms with Gasteiger partial charge in [0.25, 0.3) is 10.0 Å². The summed E-state index contributed by atoms with van der Waals surface area (Å²) in [5, 5.41) is 0. The Kier molecular flexibility index (Phi) is 6.22. The monoisotopic (exact) mass is 336 g/mol. The molecule has 0 spiro atoms. The lowest BCUT2D eigenvalue weighted by atomic mass is 9.88. The van der Waals surface area contributed by atoms with Gasteiger partial charge in [-0.25, -0.2) is 0 Å². The van der Waals surface area contributed by atoms with Gasteiger partial charge in [-0.3, -0.25) is 0 Å². The van der Waals surface area contributed by atoms with Crippen LogP contribution in [0.1, 0.15) is 51.5 Å². The van der Waals surface area contributed by atoms with E-state index < -0.39 is 10.0 Å². The van der Waals surface area contributed by atoms with Crippen LogP contribution < -0.4 is 0 Å². The van der Waals surface area contributed by atoms with E-state index in [-0.39, 0.29) is 10.8 Å². The van der Waals surface area contributed by atoms with Crippen molar-refractivity contribution in [2.75, 3.05) is 13.1 Å². The SMILES string of the molecule is CCN(CC)/C(=N\S(=O)(=O)c1ccc(C)cc1)C1CCCCC1. The maximum absolute atomic E-state index is 12.7. The van der Waals surface area contributed by atoms with Gasteiger partial charge >= 0.3 is 0 Å². The smallest absolute Gasteiger partial charge is 0.283 e. The zero-order valence-corrected chi connectivity index (χ0v) is 15.3. The Hall–Kier alpha value is -1.36. The molecule has 0 unspecified atom stereocenters. The minimum atomic E-state index is -3.64. The standard InChI is InChI=1S/C18H28N2O2S/c1-4-20(5-2)18(16-9-7-6-8-10-16)19-23(21,22)17-13-11-15(3)12-14-17/h11-14,16H,4-10H2,1-3H3/b19-18-. The third kappa shape index (κ3) is 4.56. The van der Waals surface area contributed by atoms with E-state index in [1.165, 1.54) is 6.42 Å². The Balaban J connectivity index is 2.39. The molecular formula is C18H28N2O2S. The Morgan fingerprint density at radius 1 is 1.09 bits per heavy atom. The van der Waals surface area contributed by atoms with Crippen LogP contribution in [0.5, 0.6) is 0 Å². The lowest BCUT2D eigenvalue weighted by Gasteiger charge is -2.31. The minimum absolute atomic E-state index is 0.267. The van der Waals surface area contributed by atoms with Gasteiger partial charge in [-0.1, -0.05) is 37.0 Å². The largest absolute Gasteiger partial charge is 0.360 e. The van der Waals surface area contributed by atoms with Gasteiger partial charge in [0.1, 0.15) is 5.84 Å². The number of aryl methyl sites for hydroxylation is 1. The number of rotatable bonds is 5. The maximum atomic E-state index is 12.7. The number of amidine groups is 1. The molecule has 1 aromatic rings. The van der Waals surface area contributed by atoms with Crippen molar-refractivity contribution in [3.05, 3.63) is 29.8 Å². The normalized spacial score (nSPS) is 17.3. The third-order valence-electron chi connectivity index (χ3n) is 4.59. The lowest BCUT2D eigenvalue weighted by Crippen LogP contribution is -2.37. The maximum Gasteiger partial charge on any atom is 0.283 e. The van der Waals surface area contributed by atoms with E-state index in [2.05, 4.69) is 23.1 Å². The Morgan fingerprint density at radius 3 is 2.17 bits per heavy atom. The molecule has 0 aromatic heterocycles. The summed E-state index contributed by atoms with van der Waals surface area (Å²) in [6.07, 6.45) is 5.65. The van der Waals surface area contributed by atoms with E-state index in [9.17, 15) is 8.42 Å². The predicted molar refractivity (Wildman–Crippen MR) is 95.3 cm³/mol. The zero-order valence-electron chi connectivity index (χ0n) is 14.5. The highest BCUT2D eigenvalue weighted by Crippen LogP contribution is 2.27. The number of nitrogens with zero attached hydrogens (tertiary/aromatic N) is 2. The Morgan fingerprint density at radius 2 is 1.65 bits per heavy atom. The van der Waals surface area contributed by atoms with Gasteiger partial charge in [0.05, 0.1) is 4.90 Å². The summed E-state index contributed by atoms with van der Waals surface area (Å²) in [5.74, 6) is 1.03. The summed E-state index contributed by atoms with van der Waals surface area (Å²) in [4.78, 5) is 2.38. The van der Waals surface area contributed by atoms with Crippen molar-refractivity contribution in [3.8, 4) is 0 Å². The van der Waals surface area contributed by atoms with Crippen molar-refractivity contribution in [2.24, 2.45) is 10.3 Å². The average molecular weight is 337 g/mol. The summed E-state index contributed by atoms with van der Waals surface area (Å²) in [6.45, 7) is 7.63. The van der Waals surface area contributed by atoms with Gasteiger partial charge in [0.2, 0.25) is 0 Å². The molecule has 0 saturated heterocycles. The van der Waals surface area contributed by atoms with Gasteiger partial charge in [0, 0.05) is 19.0 Å². The second kappa shape index (κ2) is 7.95. The van der Waals surface area contributed by atoms with Crippen molar-refractivity contribution in [3.63, 3.8) is 0 Å². The summed E-state index contributed by atoms with van der Waals surface area (Å²) in [7, 11) is -3.64. The van der Waals surface area contributed by atoms with E-state index in [4.69, 9.17) is 0 Å². The molecular weight excluding hydrogens is 308 g/mol. The summed E-state index contributed by atoms with van der Waals surface area (Å²) >= 11 is 0. The van der Waals surface area contributed by atoms with Gasteiger partial charge in [-0.2, -0.15) is 8.42 Å². The second-order valence-corrected chi connectivity index (χ2v) is 7.85. The number of sulfonamides is 1. The highest BCUT2D eigenvalue weighted by atomic mass is 32.2. The molecule has 2 rings (SSSR count). The van der Waals surface area contributed by atoms with Crippen LogP contribution in [0.25, 0.3) is 0 Å². The molecule has 4 nitrogen and oxygen atoms in total. The van der Waals surface area contributed by atoms with Crippen LogP contribution in [-0.4, -0.2) is 32.2 Å². The Labute approximate surface area is 140 Å². The number of hydrogen-bond acceptors (Lipinski definition) is 2. The first-order chi connectivity index (χ1) is 11.0. The van der Waals surface area contributed by atoms with Crippen LogP contribution in [0.3, 0.4) is 0 Å². The Bertz CT molecular complexity index is 625. The number of benzene rings is 1. The van der Waals surface area contributed by atoms with E-state index >= 15 is 0 Å². The summed E-state index contributed by atoms with van der Waals surface area (Å²) in [6, 6.07) is 6.93. The molecule has 0 bridgehead atoms. The molecule has 1 aliphatic rings. The molecule has 0 radical (unpaired) electrons. The fourth-order valence-corrected chi connectivity index (χ4v) is 4.28. The molecule has 1 aromatic carbocycles. The first-order valence-electron chi connectivity index (χ1n) is 8.64. The molecule has 1 saturated carbocycles. The third-order valence-corrected chi connectivity index (χ3v) is 5.89. The van der Waals surface area contributed by atoms with Crippen LogP contribution in [-0.2, 0) is 10.0 Å². The van der Waals surface area contributed by atoms with E-state index in [0.29, 0.717) is 0 Å². The van der Waals surface area contributed by atoms with E-state index in [0.717, 1.165) is 50.2 Å². The molecule has 0 N–H and O–H groups in total. The van der Waals surface area contributed by atoms with E-state index in [1.807, 2.05) is 19.1 Å². The van der Waals surface area contributed by atoms with Gasteiger partial charge < -0.3 is 4.90 Å². The molecule has 0 atom stereocenters. The van der Waals surface area contributed by atoms with Crippen LogP contribution in [0.2, 0.25) is 0 Å². The number of hydrogen-bond donors (Lipinski definition) is 0. The van der Waals surface area contributed by atoms with Gasteiger partial charge in [-0.05, 0) is 45.7 Å². The minimum Gasteiger partial charge on any atom is -0.360 e. The molecule has 0 heterocycles. The first kappa shape index (κ1) is 18.0. The molecule has 1 aliphatic carbocycles. The second-order valence-electron chi connectivity index (χ2n) is 6.24. The quantitative estimate of drug-likeness (QED) is 0.603. The summed E-state index contributed by atoms with van der Waals surface area (Å²) in [5.41, 5.74) is 1.05. The van der Waals surface area contributed by atoms with Gasteiger partial charge in [-0.15, -0.1) is 4.40 Å². The molecule has 0 aliphatic heterocycles. The molecule has 5 heteroatoms. The summed E-state index contributed by atoms with van der Waals surface area (Å²) < 4.78 is 29.7. The highest BCUT2D eigenvalue weighted by Gasteiger charge is 2.26. The van der Waals surface area contributed by atoms with Crippen LogP contribution in [0.4, 0.5) is 0 Å². The van der Waals surface area contributed by atoms with Crippen LogP contribution >= 0.6 is 0 Å². The molecule has 23 heavy (non-hydrogen) atoms. The van der Waals surface area contributed by atoms with Crippen molar-refractivity contribution in [2.45, 2.75) is 57.8 Å². The van der Waals surface area contributed by atoms with Crippen LogP contribution in [0, 0.1) is 12.8 Å². The van der Waals surface area contributed by atoms with Crippen LogP contribution in [0.15, 0.2) is 33.6 Å². The van der Waals surface area contributed by atoms with Crippen molar-refractivity contribution >= 4 is 15.9 Å². The van der Waals surface area contributed by atoms with Crippen molar-refractivity contribution in [1.29, 1.82) is 0 Å². The van der Waals surface area contributed by atoms with E-state index in [1.54, 1.807) is 12.1 Å². The average Bonchev–Trinajstić information content (AvgIpc) is 2.56. The molecule has 128 valence electrons. The highest BCUT2D eigenvalue weighted by molar-refractivity contribution is 7.90. The predicted octanol–water partition coefficient (Wildman–Crippen LogP) is 4.00. The van der Waals surface area contributed by atoms with Gasteiger partial charge in [0.15, 0.2) is 0 Å². The fraction of sp³-hybridized carbons (Fsp3) is 0.611. The molecule has 0 amide bonds. The van der Waals surface area contributed by atoms with Crippen molar-refractivity contribution in [1.82, 2.24) is 4.90 Å². The zero-order chi connectivity index (χ0) is 16.9. The topological polar surface area (TPSA) is 49.7 Å². The fourth-order valence-electron chi connectivity index (χ4n) is 3.18. The van der Waals surface area contributed by atoms with Crippen molar-refractivity contribution < 1.29 is 8.42 Å².